The summed E-state index contributed by atoms with van der Waals surface area (Å²) in [5, 5.41) is 9.32. The van der Waals surface area contributed by atoms with Crippen LogP contribution in [-0.2, 0) is 9.47 Å². The predicted molar refractivity (Wildman–Crippen MR) is 94.6 cm³/mol. The van der Waals surface area contributed by atoms with Crippen molar-refractivity contribution in [3.05, 3.63) is 0 Å². The van der Waals surface area contributed by atoms with Crippen LogP contribution in [0.25, 0.3) is 0 Å². The third-order valence-electron chi connectivity index (χ3n) is 5.86. The molecule has 0 aromatic carbocycles. The lowest BCUT2D eigenvalue weighted by Crippen LogP contribution is -2.31. The largest absolute Gasteiger partial charge is 0.396 e. The topological polar surface area (TPSA) is 38.7 Å². The van der Waals surface area contributed by atoms with Gasteiger partial charge >= 0.3 is 0 Å². The quantitative estimate of drug-likeness (QED) is 0.534. The zero-order chi connectivity index (χ0) is 16.7. The van der Waals surface area contributed by atoms with Crippen LogP contribution in [0.2, 0.25) is 0 Å². The lowest BCUT2D eigenvalue weighted by Gasteiger charge is -2.28. The van der Waals surface area contributed by atoms with Crippen molar-refractivity contribution in [2.75, 3.05) is 19.8 Å². The Kier molecular flexibility index (Phi) is 7.84. The number of unbranched alkanes of at least 4 members (excludes halogenated alkanes) is 3. The van der Waals surface area contributed by atoms with Crippen LogP contribution in [0, 0.1) is 17.3 Å². The van der Waals surface area contributed by atoms with Gasteiger partial charge in [-0.3, -0.25) is 0 Å². The summed E-state index contributed by atoms with van der Waals surface area (Å²) in [4.78, 5) is 0. The molecule has 3 heteroatoms. The second kappa shape index (κ2) is 9.39. The Labute approximate surface area is 143 Å². The molecule has 0 amide bonds. The number of fused-ring (bicyclic) bond motifs is 2. The van der Waals surface area contributed by atoms with E-state index in [1.54, 1.807) is 0 Å². The standard InChI is InChI=1S/C20H38O3/c1-4-5-13-22-14-17-16(18-10-11-19(17)23-18)9-7-6-8-12-20(2,3)15-21/h16-19,21H,4-15H2,1-3H3/t16-,17+,18-,19+/m1/s1. The molecular weight excluding hydrogens is 288 g/mol. The van der Waals surface area contributed by atoms with Gasteiger partial charge in [-0.1, -0.05) is 46.5 Å². The zero-order valence-electron chi connectivity index (χ0n) is 15.6. The van der Waals surface area contributed by atoms with E-state index in [0.717, 1.165) is 25.6 Å². The van der Waals surface area contributed by atoms with Gasteiger partial charge in [-0.15, -0.1) is 0 Å². The van der Waals surface area contributed by atoms with E-state index >= 15 is 0 Å². The maximum atomic E-state index is 9.32. The minimum Gasteiger partial charge on any atom is -0.396 e. The molecule has 3 nitrogen and oxygen atoms in total. The molecule has 0 aromatic heterocycles. The summed E-state index contributed by atoms with van der Waals surface area (Å²) in [6, 6.07) is 0. The minimum atomic E-state index is 0.0885. The fourth-order valence-electron chi connectivity index (χ4n) is 4.21. The van der Waals surface area contributed by atoms with Crippen molar-refractivity contribution in [2.45, 2.75) is 90.8 Å². The molecule has 2 saturated heterocycles. The molecule has 2 heterocycles. The highest BCUT2D eigenvalue weighted by molar-refractivity contribution is 4.96. The first-order valence-electron chi connectivity index (χ1n) is 9.91. The Morgan fingerprint density at radius 3 is 2.48 bits per heavy atom. The van der Waals surface area contributed by atoms with Crippen LogP contribution >= 0.6 is 0 Å². The molecule has 136 valence electrons. The van der Waals surface area contributed by atoms with Gasteiger partial charge < -0.3 is 14.6 Å². The summed E-state index contributed by atoms with van der Waals surface area (Å²) >= 11 is 0. The Hall–Kier alpha value is -0.120. The van der Waals surface area contributed by atoms with E-state index in [4.69, 9.17) is 9.47 Å². The first-order chi connectivity index (χ1) is 11.1. The van der Waals surface area contributed by atoms with E-state index in [-0.39, 0.29) is 5.41 Å². The van der Waals surface area contributed by atoms with Crippen molar-refractivity contribution in [1.82, 2.24) is 0 Å². The van der Waals surface area contributed by atoms with Crippen LogP contribution in [0.5, 0.6) is 0 Å². The first kappa shape index (κ1) is 19.2. The zero-order valence-corrected chi connectivity index (χ0v) is 15.6. The molecule has 2 aliphatic heterocycles. The highest BCUT2D eigenvalue weighted by atomic mass is 16.5. The van der Waals surface area contributed by atoms with E-state index in [1.165, 1.54) is 51.4 Å². The van der Waals surface area contributed by atoms with E-state index in [9.17, 15) is 5.11 Å². The average molecular weight is 327 g/mol. The molecule has 0 aromatic rings. The number of ether oxygens (including phenoxy) is 2. The molecule has 0 radical (unpaired) electrons. The van der Waals surface area contributed by atoms with Crippen LogP contribution < -0.4 is 0 Å². The van der Waals surface area contributed by atoms with Gasteiger partial charge in [0.2, 0.25) is 0 Å². The average Bonchev–Trinajstić information content (AvgIpc) is 3.13. The maximum absolute atomic E-state index is 9.32. The Bertz CT molecular complexity index is 329. The molecular formula is C20H38O3. The van der Waals surface area contributed by atoms with Gasteiger partial charge in [-0.2, -0.15) is 0 Å². The van der Waals surface area contributed by atoms with Crippen LogP contribution in [0.15, 0.2) is 0 Å². The molecule has 2 fully saturated rings. The van der Waals surface area contributed by atoms with E-state index in [1.807, 2.05) is 0 Å². The van der Waals surface area contributed by atoms with Gasteiger partial charge in [0, 0.05) is 19.1 Å². The second-order valence-corrected chi connectivity index (χ2v) is 8.47. The number of hydrogen-bond acceptors (Lipinski definition) is 3. The van der Waals surface area contributed by atoms with Crippen LogP contribution in [-0.4, -0.2) is 37.1 Å². The number of rotatable bonds is 12. The van der Waals surface area contributed by atoms with Crippen molar-refractivity contribution in [1.29, 1.82) is 0 Å². The Balaban J connectivity index is 1.66. The fourth-order valence-corrected chi connectivity index (χ4v) is 4.21. The minimum absolute atomic E-state index is 0.0885. The van der Waals surface area contributed by atoms with Crippen molar-refractivity contribution in [3.63, 3.8) is 0 Å². The summed E-state index contributed by atoms with van der Waals surface area (Å²) in [5.74, 6) is 1.36. The van der Waals surface area contributed by atoms with Gasteiger partial charge in [0.15, 0.2) is 0 Å². The Morgan fingerprint density at radius 2 is 1.78 bits per heavy atom. The lowest BCUT2D eigenvalue weighted by atomic mass is 9.77. The second-order valence-electron chi connectivity index (χ2n) is 8.47. The van der Waals surface area contributed by atoms with Crippen molar-refractivity contribution in [2.24, 2.45) is 17.3 Å². The molecule has 2 rings (SSSR count). The maximum Gasteiger partial charge on any atom is 0.0633 e. The third kappa shape index (κ3) is 5.72. The summed E-state index contributed by atoms with van der Waals surface area (Å²) in [7, 11) is 0. The first-order valence-corrected chi connectivity index (χ1v) is 9.91. The van der Waals surface area contributed by atoms with Crippen molar-refractivity contribution >= 4 is 0 Å². The van der Waals surface area contributed by atoms with Crippen LogP contribution in [0.3, 0.4) is 0 Å². The summed E-state index contributed by atoms with van der Waals surface area (Å²) < 4.78 is 12.1. The van der Waals surface area contributed by atoms with E-state index in [0.29, 0.717) is 24.7 Å². The smallest absolute Gasteiger partial charge is 0.0633 e. The molecule has 1 N–H and O–H groups in total. The van der Waals surface area contributed by atoms with Crippen molar-refractivity contribution < 1.29 is 14.6 Å². The summed E-state index contributed by atoms with van der Waals surface area (Å²) in [6.07, 6.45) is 12.1. The molecule has 0 spiro atoms. The molecule has 0 unspecified atom stereocenters. The number of hydrogen-bond donors (Lipinski definition) is 1. The van der Waals surface area contributed by atoms with Gasteiger partial charge in [-0.25, -0.2) is 0 Å². The molecule has 0 aliphatic carbocycles. The van der Waals surface area contributed by atoms with E-state index in [2.05, 4.69) is 20.8 Å². The summed E-state index contributed by atoms with van der Waals surface area (Å²) in [5.41, 5.74) is 0.0885. The Morgan fingerprint density at radius 1 is 1.04 bits per heavy atom. The monoisotopic (exact) mass is 326 g/mol. The highest BCUT2D eigenvalue weighted by Gasteiger charge is 2.48. The normalized spacial score (nSPS) is 30.3. The molecule has 2 aliphatic rings. The third-order valence-corrected chi connectivity index (χ3v) is 5.86. The van der Waals surface area contributed by atoms with E-state index < -0.39 is 0 Å². The SMILES string of the molecule is CCCCOC[C@H]1[C@@H](CCCCCC(C)(C)CO)[C@H]2CC[C@@H]1O2. The highest BCUT2D eigenvalue weighted by Crippen LogP contribution is 2.45. The van der Waals surface area contributed by atoms with Gasteiger partial charge in [-0.05, 0) is 43.4 Å². The molecule has 0 saturated carbocycles. The number of aliphatic hydroxyl groups is 1. The number of aliphatic hydroxyl groups excluding tert-OH is 1. The molecule has 4 atom stereocenters. The molecule has 2 bridgehead atoms. The van der Waals surface area contributed by atoms with Crippen LogP contribution in [0.4, 0.5) is 0 Å². The van der Waals surface area contributed by atoms with Crippen LogP contribution in [0.1, 0.15) is 78.6 Å². The van der Waals surface area contributed by atoms with Crippen molar-refractivity contribution in [3.8, 4) is 0 Å². The van der Waals surface area contributed by atoms with Gasteiger partial charge in [0.25, 0.3) is 0 Å². The fraction of sp³-hybridized carbons (Fsp3) is 1.00. The van der Waals surface area contributed by atoms with Gasteiger partial charge in [0.1, 0.15) is 0 Å². The predicted octanol–water partition coefficient (Wildman–Crippen LogP) is 4.57. The molecule has 23 heavy (non-hydrogen) atoms. The van der Waals surface area contributed by atoms with Gasteiger partial charge in [0.05, 0.1) is 18.8 Å². The lowest BCUT2D eigenvalue weighted by molar-refractivity contribution is 0.0477. The summed E-state index contributed by atoms with van der Waals surface area (Å²) in [6.45, 7) is 8.63.